The van der Waals surface area contributed by atoms with E-state index in [1.54, 1.807) is 0 Å². The van der Waals surface area contributed by atoms with Crippen molar-refractivity contribution >= 4 is 18.2 Å². The van der Waals surface area contributed by atoms with E-state index in [0.29, 0.717) is 0 Å². The highest BCUT2D eigenvalue weighted by Gasteiger charge is 2.10. The van der Waals surface area contributed by atoms with E-state index in [9.17, 15) is 0 Å². The second-order valence-corrected chi connectivity index (χ2v) is 3.03. The Labute approximate surface area is 70.3 Å². The van der Waals surface area contributed by atoms with Crippen molar-refractivity contribution in [3.05, 3.63) is 34.2 Å². The molecule has 1 aliphatic heterocycles. The number of benzene rings is 1. The Morgan fingerprint density at radius 2 is 2.08 bits per heavy atom. The summed E-state index contributed by atoms with van der Waals surface area (Å²) in [6.45, 7) is 0.722. The second-order valence-electron chi connectivity index (χ2n) is 3.03. The molecule has 1 nitrogen and oxygen atoms in total. The van der Waals surface area contributed by atoms with Gasteiger partial charge in [-0.15, -0.1) is 0 Å². The summed E-state index contributed by atoms with van der Waals surface area (Å²) >= 11 is 0. The topological polar surface area (TPSA) is 9.23 Å². The van der Waals surface area contributed by atoms with E-state index >= 15 is 0 Å². The molecule has 58 valence electrons. The minimum Gasteiger partial charge on any atom is -0.488 e. The normalized spacial score (nSPS) is 16.0. The second kappa shape index (κ2) is 2.01. The number of hydrogen-bond donors (Lipinski definition) is 0. The summed E-state index contributed by atoms with van der Waals surface area (Å²) in [5.74, 6) is 1.05. The van der Waals surface area contributed by atoms with E-state index in [-0.39, 0.29) is 0 Å². The highest BCUT2D eigenvalue weighted by Crippen LogP contribution is 2.16. The first-order valence-corrected chi connectivity index (χ1v) is 4.09. The zero-order valence-electron chi connectivity index (χ0n) is 6.58. The third-order valence-corrected chi connectivity index (χ3v) is 2.33. The van der Waals surface area contributed by atoms with Crippen LogP contribution in [0.3, 0.4) is 0 Å². The van der Waals surface area contributed by atoms with Crippen molar-refractivity contribution < 1.29 is 4.74 Å². The van der Waals surface area contributed by atoms with Gasteiger partial charge in [0.1, 0.15) is 12.4 Å². The third-order valence-electron chi connectivity index (χ3n) is 2.33. The SMILES string of the molecule is C1=Cc2c3c(ccc2=C1)=CCO3. The van der Waals surface area contributed by atoms with Crippen LogP contribution in [0, 0.1) is 0 Å². The van der Waals surface area contributed by atoms with Gasteiger partial charge in [0.15, 0.2) is 0 Å². The molecule has 1 aromatic rings. The molecule has 0 saturated carbocycles. The van der Waals surface area contributed by atoms with E-state index < -0.39 is 0 Å². The maximum atomic E-state index is 5.51. The van der Waals surface area contributed by atoms with Crippen molar-refractivity contribution in [1.82, 2.24) is 0 Å². The van der Waals surface area contributed by atoms with Gasteiger partial charge in [0.05, 0.1) is 0 Å². The standard InChI is InChI=1S/C11H8O/c1-2-8-4-5-9-6-7-12-11(9)10(8)3-1/h1-6H,7H2. The third kappa shape index (κ3) is 0.632. The lowest BCUT2D eigenvalue weighted by atomic mass is 10.1. The predicted octanol–water partition coefficient (Wildman–Crippen LogP) is 0.667. The smallest absolute Gasteiger partial charge is 0.134 e. The molecule has 0 aromatic heterocycles. The molecule has 0 saturated heterocycles. The van der Waals surface area contributed by atoms with Crippen LogP contribution in [0.2, 0.25) is 0 Å². The van der Waals surface area contributed by atoms with Crippen LogP contribution in [0.4, 0.5) is 0 Å². The molecule has 2 aliphatic rings. The average Bonchev–Trinajstić information content (AvgIpc) is 2.71. The molecule has 0 fully saturated rings. The van der Waals surface area contributed by atoms with E-state index in [1.807, 2.05) is 0 Å². The lowest BCUT2D eigenvalue weighted by Crippen LogP contribution is -2.10. The van der Waals surface area contributed by atoms with Crippen molar-refractivity contribution in [2.24, 2.45) is 0 Å². The molecule has 3 rings (SSSR count). The van der Waals surface area contributed by atoms with E-state index in [0.717, 1.165) is 12.4 Å². The fourth-order valence-corrected chi connectivity index (χ4v) is 1.73. The number of allylic oxidation sites excluding steroid dienone is 1. The van der Waals surface area contributed by atoms with Crippen LogP contribution in [0.15, 0.2) is 18.2 Å². The van der Waals surface area contributed by atoms with Crippen molar-refractivity contribution in [2.75, 3.05) is 6.61 Å². The summed E-state index contributed by atoms with van der Waals surface area (Å²) in [6.07, 6.45) is 8.39. The van der Waals surface area contributed by atoms with Crippen LogP contribution in [-0.2, 0) is 0 Å². The molecular formula is C11H8O. The molecule has 1 heteroatoms. The van der Waals surface area contributed by atoms with Gasteiger partial charge >= 0.3 is 0 Å². The fraction of sp³-hybridized carbons (Fsp3) is 0.0909. The first-order chi connectivity index (χ1) is 5.95. The van der Waals surface area contributed by atoms with Gasteiger partial charge in [0.25, 0.3) is 0 Å². The van der Waals surface area contributed by atoms with Crippen LogP contribution < -0.4 is 15.2 Å². The largest absolute Gasteiger partial charge is 0.488 e. The Kier molecular flexibility index (Phi) is 1.01. The van der Waals surface area contributed by atoms with Gasteiger partial charge in [-0.3, -0.25) is 0 Å². The lowest BCUT2D eigenvalue weighted by Gasteiger charge is -2.01. The Hall–Kier alpha value is -1.50. The molecule has 1 aliphatic carbocycles. The van der Waals surface area contributed by atoms with Crippen molar-refractivity contribution in [1.29, 1.82) is 0 Å². The van der Waals surface area contributed by atoms with Gasteiger partial charge < -0.3 is 4.74 Å². The first kappa shape index (κ1) is 6.06. The van der Waals surface area contributed by atoms with E-state index in [2.05, 4.69) is 36.4 Å². The first-order valence-electron chi connectivity index (χ1n) is 4.09. The summed E-state index contributed by atoms with van der Waals surface area (Å²) in [5.41, 5.74) is 1.24. The molecule has 12 heavy (non-hydrogen) atoms. The van der Waals surface area contributed by atoms with E-state index in [4.69, 9.17) is 4.74 Å². The Morgan fingerprint density at radius 1 is 1.17 bits per heavy atom. The van der Waals surface area contributed by atoms with Crippen LogP contribution in [0.1, 0.15) is 5.56 Å². The summed E-state index contributed by atoms with van der Waals surface area (Å²) < 4.78 is 5.51. The van der Waals surface area contributed by atoms with Crippen molar-refractivity contribution in [2.45, 2.75) is 0 Å². The van der Waals surface area contributed by atoms with Crippen molar-refractivity contribution in [3.63, 3.8) is 0 Å². The molecule has 0 radical (unpaired) electrons. The molecule has 0 N–H and O–H groups in total. The number of ether oxygens (including phenoxy) is 1. The summed E-state index contributed by atoms with van der Waals surface area (Å²) in [7, 11) is 0. The predicted molar refractivity (Wildman–Crippen MR) is 49.2 cm³/mol. The molecule has 0 unspecified atom stereocenters. The van der Waals surface area contributed by atoms with Crippen LogP contribution in [0.25, 0.3) is 18.2 Å². The maximum Gasteiger partial charge on any atom is 0.134 e. The Balaban J connectivity index is 2.50. The van der Waals surface area contributed by atoms with E-state index in [1.165, 1.54) is 16.0 Å². The number of fused-ring (bicyclic) bond motifs is 3. The summed E-state index contributed by atoms with van der Waals surface area (Å²) in [4.78, 5) is 0. The van der Waals surface area contributed by atoms with Gasteiger partial charge in [0.2, 0.25) is 0 Å². The van der Waals surface area contributed by atoms with Gasteiger partial charge in [0, 0.05) is 10.8 Å². The number of hydrogen-bond acceptors (Lipinski definition) is 1. The molecule has 0 atom stereocenters. The quantitative estimate of drug-likeness (QED) is 0.536. The highest BCUT2D eigenvalue weighted by molar-refractivity contribution is 5.72. The molecule has 1 aromatic carbocycles. The van der Waals surface area contributed by atoms with Gasteiger partial charge in [-0.05, 0) is 11.3 Å². The van der Waals surface area contributed by atoms with Crippen LogP contribution in [0.5, 0.6) is 5.75 Å². The lowest BCUT2D eigenvalue weighted by molar-refractivity contribution is 0.384. The van der Waals surface area contributed by atoms with Crippen LogP contribution >= 0.6 is 0 Å². The summed E-state index contributed by atoms with van der Waals surface area (Å²) in [5, 5.41) is 2.50. The Morgan fingerprint density at radius 3 is 3.08 bits per heavy atom. The molecule has 1 heterocycles. The minimum absolute atomic E-state index is 0.722. The van der Waals surface area contributed by atoms with Crippen molar-refractivity contribution in [3.8, 4) is 5.75 Å². The minimum atomic E-state index is 0.722. The van der Waals surface area contributed by atoms with Gasteiger partial charge in [-0.1, -0.05) is 30.4 Å². The fourth-order valence-electron chi connectivity index (χ4n) is 1.73. The maximum absolute atomic E-state index is 5.51. The molecule has 0 spiro atoms. The Bertz CT molecular complexity index is 480. The summed E-state index contributed by atoms with van der Waals surface area (Å²) in [6, 6.07) is 4.25. The zero-order valence-corrected chi connectivity index (χ0v) is 6.58. The van der Waals surface area contributed by atoms with Gasteiger partial charge in [-0.2, -0.15) is 0 Å². The zero-order chi connectivity index (χ0) is 7.97. The van der Waals surface area contributed by atoms with Gasteiger partial charge in [-0.25, -0.2) is 0 Å². The van der Waals surface area contributed by atoms with Crippen LogP contribution in [-0.4, -0.2) is 6.61 Å². The number of rotatable bonds is 0. The average molecular weight is 156 g/mol. The highest BCUT2D eigenvalue weighted by atomic mass is 16.5. The molecule has 0 bridgehead atoms. The molecule has 0 amide bonds. The molecular weight excluding hydrogens is 148 g/mol. The monoisotopic (exact) mass is 156 g/mol.